The molecule has 1 aromatic carbocycles. The number of hydrogen-bond acceptors (Lipinski definition) is 1. The van der Waals surface area contributed by atoms with E-state index < -0.39 is 6.09 Å². The van der Waals surface area contributed by atoms with Crippen molar-refractivity contribution in [3.63, 3.8) is 0 Å². The van der Waals surface area contributed by atoms with Gasteiger partial charge in [-0.3, -0.25) is 0 Å². The SMILES string of the molecule is Cc1cc(Br)cc(C2(NC(=O)O)CC2)c1. The summed E-state index contributed by atoms with van der Waals surface area (Å²) < 4.78 is 0.996. The lowest BCUT2D eigenvalue weighted by Crippen LogP contribution is -2.33. The molecule has 0 saturated heterocycles. The summed E-state index contributed by atoms with van der Waals surface area (Å²) in [7, 11) is 0. The lowest BCUT2D eigenvalue weighted by Gasteiger charge is -2.16. The first kappa shape index (κ1) is 10.5. The smallest absolute Gasteiger partial charge is 0.405 e. The number of rotatable bonds is 2. The van der Waals surface area contributed by atoms with E-state index in [9.17, 15) is 4.79 Å². The molecule has 0 unspecified atom stereocenters. The molecule has 80 valence electrons. The summed E-state index contributed by atoms with van der Waals surface area (Å²) in [5, 5.41) is 11.4. The molecule has 0 spiro atoms. The number of hydrogen-bond donors (Lipinski definition) is 2. The van der Waals surface area contributed by atoms with Crippen LogP contribution in [-0.4, -0.2) is 11.2 Å². The highest BCUT2D eigenvalue weighted by molar-refractivity contribution is 9.10. The van der Waals surface area contributed by atoms with Gasteiger partial charge in [-0.2, -0.15) is 0 Å². The van der Waals surface area contributed by atoms with Crippen molar-refractivity contribution in [2.75, 3.05) is 0 Å². The molecule has 0 heterocycles. The largest absolute Gasteiger partial charge is 0.465 e. The van der Waals surface area contributed by atoms with Crippen LogP contribution in [0.1, 0.15) is 24.0 Å². The third-order valence-corrected chi connectivity index (χ3v) is 3.15. The van der Waals surface area contributed by atoms with E-state index in [1.807, 2.05) is 25.1 Å². The van der Waals surface area contributed by atoms with Crippen molar-refractivity contribution in [3.8, 4) is 0 Å². The third kappa shape index (κ3) is 2.15. The molecule has 15 heavy (non-hydrogen) atoms. The van der Waals surface area contributed by atoms with E-state index in [0.29, 0.717) is 0 Å². The summed E-state index contributed by atoms with van der Waals surface area (Å²) in [5.41, 5.74) is 1.86. The molecule has 1 aliphatic rings. The number of benzene rings is 1. The van der Waals surface area contributed by atoms with Crippen LogP contribution in [0.25, 0.3) is 0 Å². The summed E-state index contributed by atoms with van der Waals surface area (Å²) in [4.78, 5) is 10.7. The van der Waals surface area contributed by atoms with Gasteiger partial charge in [-0.05, 0) is 43.0 Å². The molecule has 3 nitrogen and oxygen atoms in total. The summed E-state index contributed by atoms with van der Waals surface area (Å²) >= 11 is 3.42. The molecule has 0 aromatic heterocycles. The fraction of sp³-hybridized carbons (Fsp3) is 0.364. The van der Waals surface area contributed by atoms with Crippen LogP contribution in [0.3, 0.4) is 0 Å². The van der Waals surface area contributed by atoms with Crippen LogP contribution in [-0.2, 0) is 5.54 Å². The first-order valence-electron chi connectivity index (χ1n) is 4.81. The lowest BCUT2D eigenvalue weighted by molar-refractivity contribution is 0.188. The first-order chi connectivity index (χ1) is 7.02. The number of nitrogens with one attached hydrogen (secondary N) is 1. The zero-order valence-corrected chi connectivity index (χ0v) is 9.97. The van der Waals surface area contributed by atoms with Gasteiger partial charge in [0.1, 0.15) is 0 Å². The quantitative estimate of drug-likeness (QED) is 0.867. The minimum atomic E-state index is -0.954. The molecule has 2 rings (SSSR count). The standard InChI is InChI=1S/C11H12BrNO2/c1-7-4-8(6-9(12)5-7)11(2-3-11)13-10(14)15/h4-6,13H,2-3H2,1H3,(H,14,15). The Morgan fingerprint density at radius 3 is 2.60 bits per heavy atom. The van der Waals surface area contributed by atoms with Crippen LogP contribution in [0.4, 0.5) is 4.79 Å². The Balaban J connectivity index is 2.32. The molecule has 2 N–H and O–H groups in total. The predicted octanol–water partition coefficient (Wildman–Crippen LogP) is 3.01. The lowest BCUT2D eigenvalue weighted by atomic mass is 10.0. The predicted molar refractivity (Wildman–Crippen MR) is 61.0 cm³/mol. The summed E-state index contributed by atoms with van der Waals surface area (Å²) in [6.07, 6.45) is 0.815. The fourth-order valence-corrected chi connectivity index (χ4v) is 2.44. The normalized spacial score (nSPS) is 17.2. The topological polar surface area (TPSA) is 49.3 Å². The average Bonchev–Trinajstić information content (AvgIpc) is 2.82. The van der Waals surface area contributed by atoms with Gasteiger partial charge in [-0.1, -0.05) is 22.0 Å². The van der Waals surface area contributed by atoms with Gasteiger partial charge in [0.05, 0.1) is 5.54 Å². The Hall–Kier alpha value is -1.03. The Morgan fingerprint density at radius 1 is 1.47 bits per heavy atom. The molecule has 1 fully saturated rings. The maximum Gasteiger partial charge on any atom is 0.405 e. The van der Waals surface area contributed by atoms with Crippen LogP contribution in [0.5, 0.6) is 0 Å². The number of amides is 1. The molecule has 1 aromatic rings. The number of aryl methyl sites for hydroxylation is 1. The minimum absolute atomic E-state index is 0.333. The second kappa shape index (κ2) is 3.52. The van der Waals surface area contributed by atoms with E-state index in [0.717, 1.165) is 28.4 Å². The highest BCUT2D eigenvalue weighted by atomic mass is 79.9. The van der Waals surface area contributed by atoms with Gasteiger partial charge in [-0.25, -0.2) is 4.79 Å². The highest BCUT2D eigenvalue weighted by Crippen LogP contribution is 2.46. The molecular weight excluding hydrogens is 258 g/mol. The van der Waals surface area contributed by atoms with E-state index >= 15 is 0 Å². The second-order valence-electron chi connectivity index (χ2n) is 4.03. The van der Waals surface area contributed by atoms with Gasteiger partial charge in [0.15, 0.2) is 0 Å². The highest BCUT2D eigenvalue weighted by Gasteiger charge is 2.45. The Morgan fingerprint density at radius 2 is 2.13 bits per heavy atom. The van der Waals surface area contributed by atoms with Crippen LogP contribution >= 0.6 is 15.9 Å². The first-order valence-corrected chi connectivity index (χ1v) is 5.60. The second-order valence-corrected chi connectivity index (χ2v) is 4.95. The Kier molecular flexibility index (Phi) is 2.46. The van der Waals surface area contributed by atoms with Crippen molar-refractivity contribution in [2.45, 2.75) is 25.3 Å². The molecule has 1 aliphatic carbocycles. The molecule has 0 radical (unpaired) electrons. The van der Waals surface area contributed by atoms with Crippen molar-refractivity contribution < 1.29 is 9.90 Å². The van der Waals surface area contributed by atoms with Crippen molar-refractivity contribution in [2.24, 2.45) is 0 Å². The van der Waals surface area contributed by atoms with E-state index in [4.69, 9.17) is 5.11 Å². The van der Waals surface area contributed by atoms with Crippen LogP contribution in [0, 0.1) is 6.92 Å². The molecule has 1 amide bonds. The van der Waals surface area contributed by atoms with Crippen molar-refractivity contribution >= 4 is 22.0 Å². The molecular formula is C11H12BrNO2. The van der Waals surface area contributed by atoms with E-state index in [2.05, 4.69) is 21.2 Å². The van der Waals surface area contributed by atoms with Crippen LogP contribution < -0.4 is 5.32 Å². The van der Waals surface area contributed by atoms with E-state index in [1.165, 1.54) is 0 Å². The average molecular weight is 270 g/mol. The zero-order valence-electron chi connectivity index (χ0n) is 8.38. The molecule has 0 atom stereocenters. The number of carboxylic acid groups (broad SMARTS) is 1. The zero-order chi connectivity index (χ0) is 11.1. The maximum absolute atomic E-state index is 10.7. The third-order valence-electron chi connectivity index (χ3n) is 2.69. The fourth-order valence-electron chi connectivity index (χ4n) is 1.83. The number of halogens is 1. The van der Waals surface area contributed by atoms with Crippen molar-refractivity contribution in [1.29, 1.82) is 0 Å². The molecule has 0 aliphatic heterocycles. The van der Waals surface area contributed by atoms with Crippen LogP contribution in [0.15, 0.2) is 22.7 Å². The monoisotopic (exact) mass is 269 g/mol. The summed E-state index contributed by atoms with van der Waals surface area (Å²) in [6.45, 7) is 2.01. The van der Waals surface area contributed by atoms with Gasteiger partial charge < -0.3 is 10.4 Å². The minimum Gasteiger partial charge on any atom is -0.465 e. The van der Waals surface area contributed by atoms with Crippen LogP contribution in [0.2, 0.25) is 0 Å². The van der Waals surface area contributed by atoms with Gasteiger partial charge in [-0.15, -0.1) is 0 Å². The van der Waals surface area contributed by atoms with Gasteiger partial charge >= 0.3 is 6.09 Å². The molecule has 4 heteroatoms. The van der Waals surface area contributed by atoms with Gasteiger partial charge in [0.25, 0.3) is 0 Å². The Labute approximate surface area is 96.6 Å². The Bertz CT molecular complexity index is 393. The maximum atomic E-state index is 10.7. The molecule has 1 saturated carbocycles. The van der Waals surface area contributed by atoms with E-state index in [1.54, 1.807) is 0 Å². The van der Waals surface area contributed by atoms with E-state index in [-0.39, 0.29) is 5.54 Å². The molecule has 0 bridgehead atoms. The number of carbonyl (C=O) groups is 1. The van der Waals surface area contributed by atoms with Crippen molar-refractivity contribution in [3.05, 3.63) is 33.8 Å². The summed E-state index contributed by atoms with van der Waals surface area (Å²) in [6, 6.07) is 6.03. The summed E-state index contributed by atoms with van der Waals surface area (Å²) in [5.74, 6) is 0. The van der Waals surface area contributed by atoms with Crippen molar-refractivity contribution in [1.82, 2.24) is 5.32 Å². The van der Waals surface area contributed by atoms with Gasteiger partial charge in [0, 0.05) is 4.47 Å². The van der Waals surface area contributed by atoms with Gasteiger partial charge in [0.2, 0.25) is 0 Å².